The van der Waals surface area contributed by atoms with Gasteiger partial charge in [-0.1, -0.05) is 26.0 Å². The van der Waals surface area contributed by atoms with Crippen molar-refractivity contribution in [3.8, 4) is 0 Å². The first-order valence-electron chi connectivity index (χ1n) is 8.41. The molecular formula is C20H23N3O2. The molecule has 2 aromatic rings. The molecule has 5 nitrogen and oxygen atoms in total. The fourth-order valence-corrected chi connectivity index (χ4v) is 3.19. The third kappa shape index (κ3) is 3.27. The summed E-state index contributed by atoms with van der Waals surface area (Å²) >= 11 is 0. The van der Waals surface area contributed by atoms with Crippen molar-refractivity contribution in [1.82, 2.24) is 15.6 Å². The van der Waals surface area contributed by atoms with Crippen LogP contribution >= 0.6 is 0 Å². The number of benzene rings is 1. The van der Waals surface area contributed by atoms with E-state index in [1.54, 1.807) is 19.3 Å². The van der Waals surface area contributed by atoms with E-state index in [0.717, 1.165) is 27.8 Å². The molecule has 1 aromatic carbocycles. The summed E-state index contributed by atoms with van der Waals surface area (Å²) in [6, 6.07) is 7.75. The lowest BCUT2D eigenvalue weighted by molar-refractivity contribution is 0.0927. The molecule has 25 heavy (non-hydrogen) atoms. The van der Waals surface area contributed by atoms with Gasteiger partial charge < -0.3 is 10.6 Å². The summed E-state index contributed by atoms with van der Waals surface area (Å²) in [6.45, 7) is 7.02. The van der Waals surface area contributed by atoms with Crippen LogP contribution in [0.4, 0.5) is 0 Å². The summed E-state index contributed by atoms with van der Waals surface area (Å²) in [7, 11) is 1.58. The van der Waals surface area contributed by atoms with Gasteiger partial charge in [-0.05, 0) is 47.7 Å². The fourth-order valence-electron chi connectivity index (χ4n) is 3.19. The number of pyridine rings is 1. The van der Waals surface area contributed by atoms with Gasteiger partial charge in [0.15, 0.2) is 0 Å². The molecule has 0 atom stereocenters. The van der Waals surface area contributed by atoms with Crippen molar-refractivity contribution in [2.45, 2.75) is 32.6 Å². The van der Waals surface area contributed by atoms with Crippen molar-refractivity contribution >= 4 is 11.8 Å². The molecule has 2 heterocycles. The molecule has 1 aliphatic heterocycles. The van der Waals surface area contributed by atoms with Crippen LogP contribution in [0.2, 0.25) is 0 Å². The van der Waals surface area contributed by atoms with Crippen LogP contribution in [0.1, 0.15) is 56.9 Å². The van der Waals surface area contributed by atoms with E-state index in [2.05, 4.69) is 42.5 Å². The molecule has 0 bridgehead atoms. The maximum absolute atomic E-state index is 12.3. The van der Waals surface area contributed by atoms with Crippen LogP contribution in [-0.4, -0.2) is 30.4 Å². The third-order valence-corrected chi connectivity index (χ3v) is 4.82. The Hall–Kier alpha value is -2.69. The maximum Gasteiger partial charge on any atom is 0.269 e. The molecule has 0 saturated heterocycles. The lowest BCUT2D eigenvalue weighted by Crippen LogP contribution is -2.43. The topological polar surface area (TPSA) is 71.1 Å². The molecule has 5 heteroatoms. The number of carbonyl (C=O) groups is 2. The first kappa shape index (κ1) is 17.1. The zero-order chi connectivity index (χ0) is 18.2. The minimum Gasteiger partial charge on any atom is -0.354 e. The highest BCUT2D eigenvalue weighted by atomic mass is 16.2. The Morgan fingerprint density at radius 2 is 2.08 bits per heavy atom. The number of hydrogen-bond acceptors (Lipinski definition) is 3. The van der Waals surface area contributed by atoms with Gasteiger partial charge in [-0.3, -0.25) is 14.6 Å². The van der Waals surface area contributed by atoms with E-state index in [4.69, 9.17) is 0 Å². The largest absolute Gasteiger partial charge is 0.354 e. The molecule has 0 fully saturated rings. The van der Waals surface area contributed by atoms with Gasteiger partial charge in [-0.25, -0.2) is 0 Å². The van der Waals surface area contributed by atoms with Crippen LogP contribution < -0.4 is 10.6 Å². The van der Waals surface area contributed by atoms with Crippen molar-refractivity contribution < 1.29 is 9.59 Å². The third-order valence-electron chi connectivity index (χ3n) is 4.82. The van der Waals surface area contributed by atoms with Gasteiger partial charge >= 0.3 is 0 Å². The van der Waals surface area contributed by atoms with Gasteiger partial charge in [0.25, 0.3) is 11.8 Å². The number of hydrogen-bond donors (Lipinski definition) is 2. The molecule has 0 spiro atoms. The number of fused-ring (bicyclic) bond motifs is 1. The molecule has 1 aliphatic rings. The molecule has 2 N–H and O–H groups in total. The average molecular weight is 337 g/mol. The lowest BCUT2D eigenvalue weighted by atomic mass is 9.77. The zero-order valence-electron chi connectivity index (χ0n) is 15.1. The van der Waals surface area contributed by atoms with E-state index in [1.165, 1.54) is 0 Å². The van der Waals surface area contributed by atoms with Gasteiger partial charge in [0.1, 0.15) is 5.69 Å². The van der Waals surface area contributed by atoms with E-state index in [9.17, 15) is 9.59 Å². The number of amides is 2. The van der Waals surface area contributed by atoms with Crippen LogP contribution in [0.3, 0.4) is 0 Å². The van der Waals surface area contributed by atoms with Crippen molar-refractivity contribution in [2.75, 3.05) is 13.6 Å². The number of aromatic nitrogens is 1. The Balaban J connectivity index is 1.92. The van der Waals surface area contributed by atoms with E-state index in [0.29, 0.717) is 18.7 Å². The summed E-state index contributed by atoms with van der Waals surface area (Å²) in [5.74, 6) is -0.209. The van der Waals surface area contributed by atoms with Gasteiger partial charge in [0, 0.05) is 30.8 Å². The molecule has 0 saturated carbocycles. The highest BCUT2D eigenvalue weighted by Gasteiger charge is 2.32. The van der Waals surface area contributed by atoms with Crippen LogP contribution in [-0.2, 0) is 11.8 Å². The summed E-state index contributed by atoms with van der Waals surface area (Å²) in [4.78, 5) is 28.1. The van der Waals surface area contributed by atoms with Crippen LogP contribution in [0.15, 0.2) is 30.5 Å². The second-order valence-electron chi connectivity index (χ2n) is 7.20. The van der Waals surface area contributed by atoms with Gasteiger partial charge in [-0.2, -0.15) is 0 Å². The SMILES string of the molecule is CNC(=O)c1ccc(Cc2cc3c(cc2C)C(C)(C)CNC3=O)cn1. The van der Waals surface area contributed by atoms with Crippen LogP contribution in [0.25, 0.3) is 0 Å². The predicted octanol–water partition coefficient (Wildman–Crippen LogP) is 2.36. The Morgan fingerprint density at radius 3 is 2.72 bits per heavy atom. The Bertz CT molecular complexity index is 839. The maximum atomic E-state index is 12.3. The van der Waals surface area contributed by atoms with Crippen molar-refractivity contribution in [3.05, 3.63) is 64.0 Å². The molecule has 130 valence electrons. The first-order valence-corrected chi connectivity index (χ1v) is 8.41. The minimum absolute atomic E-state index is 0.0105. The Labute approximate surface area is 147 Å². The number of nitrogens with zero attached hydrogens (tertiary/aromatic N) is 1. The van der Waals surface area contributed by atoms with E-state index >= 15 is 0 Å². The fraction of sp³-hybridized carbons (Fsp3) is 0.350. The monoisotopic (exact) mass is 337 g/mol. The number of rotatable bonds is 3. The lowest BCUT2D eigenvalue weighted by Gasteiger charge is -2.33. The number of aryl methyl sites for hydroxylation is 1. The molecule has 3 rings (SSSR count). The molecule has 0 aliphatic carbocycles. The van der Waals surface area contributed by atoms with Gasteiger partial charge in [0.05, 0.1) is 0 Å². The molecule has 0 unspecified atom stereocenters. The average Bonchev–Trinajstić information content (AvgIpc) is 2.60. The summed E-state index contributed by atoms with van der Waals surface area (Å²) < 4.78 is 0. The standard InChI is InChI=1S/C20H23N3O2/c1-12-7-16-15(18(24)23-11-20(16,2)3)9-14(12)8-13-5-6-17(22-10-13)19(25)21-4/h5-7,9-10H,8,11H2,1-4H3,(H,21,25)(H,23,24). The highest BCUT2D eigenvalue weighted by molar-refractivity contribution is 5.97. The van der Waals surface area contributed by atoms with Crippen LogP contribution in [0, 0.1) is 6.92 Å². The predicted molar refractivity (Wildman–Crippen MR) is 97.0 cm³/mol. The second kappa shape index (κ2) is 6.31. The molecule has 0 radical (unpaired) electrons. The van der Waals surface area contributed by atoms with Crippen molar-refractivity contribution in [1.29, 1.82) is 0 Å². The number of nitrogens with one attached hydrogen (secondary N) is 2. The first-order chi connectivity index (χ1) is 11.8. The molecular weight excluding hydrogens is 314 g/mol. The highest BCUT2D eigenvalue weighted by Crippen LogP contribution is 2.32. The van der Waals surface area contributed by atoms with E-state index in [1.807, 2.05) is 12.1 Å². The second-order valence-corrected chi connectivity index (χ2v) is 7.20. The van der Waals surface area contributed by atoms with Crippen molar-refractivity contribution in [3.63, 3.8) is 0 Å². The normalized spacial score (nSPS) is 15.3. The van der Waals surface area contributed by atoms with Gasteiger partial charge in [-0.15, -0.1) is 0 Å². The summed E-state index contributed by atoms with van der Waals surface area (Å²) in [5, 5.41) is 5.53. The summed E-state index contributed by atoms with van der Waals surface area (Å²) in [5.41, 5.74) is 5.46. The Kier molecular flexibility index (Phi) is 4.33. The molecule has 2 amide bonds. The van der Waals surface area contributed by atoms with Crippen LogP contribution in [0.5, 0.6) is 0 Å². The number of carbonyl (C=O) groups excluding carboxylic acids is 2. The van der Waals surface area contributed by atoms with Crippen molar-refractivity contribution in [2.24, 2.45) is 0 Å². The minimum atomic E-state index is -0.199. The quantitative estimate of drug-likeness (QED) is 0.903. The smallest absolute Gasteiger partial charge is 0.269 e. The summed E-state index contributed by atoms with van der Waals surface area (Å²) in [6.07, 6.45) is 2.39. The molecule has 1 aromatic heterocycles. The Morgan fingerprint density at radius 1 is 1.32 bits per heavy atom. The van der Waals surface area contributed by atoms with E-state index in [-0.39, 0.29) is 17.2 Å². The van der Waals surface area contributed by atoms with Gasteiger partial charge in [0.2, 0.25) is 0 Å². The zero-order valence-corrected chi connectivity index (χ0v) is 15.1. The van der Waals surface area contributed by atoms with E-state index < -0.39 is 0 Å².